The third-order valence-electron chi connectivity index (χ3n) is 2.75. The predicted octanol–water partition coefficient (Wildman–Crippen LogP) is 2.92. The smallest absolute Gasteiger partial charge is 0.270 e. The average molecular weight is 331 g/mol. The fourth-order valence-corrected chi connectivity index (χ4v) is 2.36. The first-order valence-electron chi connectivity index (χ1n) is 5.87. The zero-order chi connectivity index (χ0) is 14.0. The number of hydrogen-bond donors (Lipinski definition) is 1. The Morgan fingerprint density at radius 2 is 2.32 bits per heavy atom. The van der Waals surface area contributed by atoms with Crippen LogP contribution < -0.4 is 5.32 Å². The lowest BCUT2D eigenvalue weighted by Crippen LogP contribution is -2.26. The number of nitro groups is 1. The number of halogens is 1. The van der Waals surface area contributed by atoms with Crippen LogP contribution in [-0.2, 0) is 9.47 Å². The van der Waals surface area contributed by atoms with Crippen LogP contribution in [0.5, 0.6) is 0 Å². The second-order valence-corrected chi connectivity index (χ2v) is 5.61. The summed E-state index contributed by atoms with van der Waals surface area (Å²) < 4.78 is 11.8. The van der Waals surface area contributed by atoms with Gasteiger partial charge in [0, 0.05) is 28.8 Å². The Hall–Kier alpha value is -1.18. The maximum atomic E-state index is 10.6. The molecule has 6 nitrogen and oxygen atoms in total. The monoisotopic (exact) mass is 330 g/mol. The summed E-state index contributed by atoms with van der Waals surface area (Å²) in [6.45, 7) is 4.86. The molecule has 1 saturated heterocycles. The Kier molecular flexibility index (Phi) is 4.07. The first-order chi connectivity index (χ1) is 8.87. The fraction of sp³-hybridized carbons (Fsp3) is 0.500. The van der Waals surface area contributed by atoms with Crippen molar-refractivity contribution in [3.8, 4) is 0 Å². The van der Waals surface area contributed by atoms with Gasteiger partial charge in [-0.1, -0.05) is 0 Å². The molecule has 1 aromatic rings. The van der Waals surface area contributed by atoms with Crippen LogP contribution in [0.4, 0.5) is 11.4 Å². The van der Waals surface area contributed by atoms with E-state index in [1.54, 1.807) is 6.07 Å². The number of benzene rings is 1. The van der Waals surface area contributed by atoms with Gasteiger partial charge in [-0.15, -0.1) is 0 Å². The highest BCUT2D eigenvalue weighted by Crippen LogP contribution is 2.28. The number of anilines is 1. The molecule has 1 aliphatic rings. The minimum Gasteiger partial charge on any atom is -0.381 e. The van der Waals surface area contributed by atoms with Crippen LogP contribution in [0.2, 0.25) is 0 Å². The Morgan fingerprint density at radius 1 is 1.58 bits per heavy atom. The maximum Gasteiger partial charge on any atom is 0.270 e. The van der Waals surface area contributed by atoms with Crippen molar-refractivity contribution in [2.24, 2.45) is 0 Å². The van der Waals surface area contributed by atoms with E-state index in [9.17, 15) is 10.1 Å². The number of ether oxygens (including phenoxy) is 2. The van der Waals surface area contributed by atoms with Gasteiger partial charge in [0.2, 0.25) is 0 Å². The molecule has 0 spiro atoms. The minimum atomic E-state index is -0.543. The Bertz CT molecular complexity index is 493. The second kappa shape index (κ2) is 5.44. The Labute approximate surface area is 119 Å². The quantitative estimate of drug-likeness (QED) is 0.678. The molecule has 0 aromatic heterocycles. The molecule has 1 fully saturated rings. The zero-order valence-corrected chi connectivity index (χ0v) is 12.3. The van der Waals surface area contributed by atoms with Crippen LogP contribution in [0.1, 0.15) is 13.8 Å². The van der Waals surface area contributed by atoms with Crippen LogP contribution in [0.3, 0.4) is 0 Å². The van der Waals surface area contributed by atoms with Gasteiger partial charge in [-0.2, -0.15) is 0 Å². The summed E-state index contributed by atoms with van der Waals surface area (Å²) in [5, 5.41) is 13.8. The molecular formula is C12H15BrN2O4. The topological polar surface area (TPSA) is 73.6 Å². The van der Waals surface area contributed by atoms with E-state index >= 15 is 0 Å². The summed E-state index contributed by atoms with van der Waals surface area (Å²) in [6.07, 6.45) is -0.0305. The third-order valence-corrected chi connectivity index (χ3v) is 3.41. The molecular weight excluding hydrogens is 316 g/mol. The molecule has 104 valence electrons. The molecule has 1 N–H and O–H groups in total. The molecule has 7 heteroatoms. The van der Waals surface area contributed by atoms with Crippen molar-refractivity contribution in [1.82, 2.24) is 0 Å². The van der Waals surface area contributed by atoms with Crippen LogP contribution >= 0.6 is 15.9 Å². The number of nitro benzene ring substituents is 1. The summed E-state index contributed by atoms with van der Waals surface area (Å²) in [7, 11) is 0. The lowest BCUT2D eigenvalue weighted by atomic mass is 10.2. The predicted molar refractivity (Wildman–Crippen MR) is 74.2 cm³/mol. The van der Waals surface area contributed by atoms with Crippen LogP contribution in [0.25, 0.3) is 0 Å². The highest BCUT2D eigenvalue weighted by atomic mass is 79.9. The molecule has 0 bridgehead atoms. The van der Waals surface area contributed by atoms with Crippen molar-refractivity contribution in [3.63, 3.8) is 0 Å². The number of nitrogens with zero attached hydrogens (tertiary/aromatic N) is 1. The van der Waals surface area contributed by atoms with E-state index in [1.165, 1.54) is 12.1 Å². The third kappa shape index (κ3) is 3.65. The van der Waals surface area contributed by atoms with Crippen LogP contribution in [0.15, 0.2) is 22.7 Å². The average Bonchev–Trinajstić information content (AvgIpc) is 2.67. The summed E-state index contributed by atoms with van der Waals surface area (Å²) in [6, 6.07) is 4.60. The summed E-state index contributed by atoms with van der Waals surface area (Å²) >= 11 is 3.31. The Balaban J connectivity index is 1.95. The second-order valence-electron chi connectivity index (χ2n) is 4.75. The number of rotatable bonds is 4. The van der Waals surface area contributed by atoms with Gasteiger partial charge in [-0.3, -0.25) is 10.1 Å². The molecule has 0 aliphatic carbocycles. The van der Waals surface area contributed by atoms with Crippen molar-refractivity contribution < 1.29 is 14.4 Å². The fourth-order valence-electron chi connectivity index (χ4n) is 1.85. The van der Waals surface area contributed by atoms with Crippen molar-refractivity contribution >= 4 is 27.3 Å². The van der Waals surface area contributed by atoms with E-state index in [0.29, 0.717) is 17.6 Å². The molecule has 1 heterocycles. The standard InChI is InChI=1S/C12H15BrN2O4/c1-12(2)18-7-9(19-12)6-14-11-4-3-8(15(16)17)5-10(11)13/h3-5,9,14H,6-7H2,1-2H3. The molecule has 0 saturated carbocycles. The highest BCUT2D eigenvalue weighted by molar-refractivity contribution is 9.10. The molecule has 2 rings (SSSR count). The lowest BCUT2D eigenvalue weighted by Gasteiger charge is -2.17. The number of non-ortho nitro benzene ring substituents is 1. The van der Waals surface area contributed by atoms with Crippen molar-refractivity contribution in [2.75, 3.05) is 18.5 Å². The normalized spacial score (nSPS) is 21.3. The van der Waals surface area contributed by atoms with Gasteiger partial charge in [-0.25, -0.2) is 0 Å². The number of hydrogen-bond acceptors (Lipinski definition) is 5. The molecule has 19 heavy (non-hydrogen) atoms. The van der Waals surface area contributed by atoms with Crippen molar-refractivity contribution in [2.45, 2.75) is 25.7 Å². The molecule has 1 aromatic carbocycles. The van der Waals surface area contributed by atoms with E-state index in [-0.39, 0.29) is 11.8 Å². The maximum absolute atomic E-state index is 10.6. The van der Waals surface area contributed by atoms with Gasteiger partial charge in [0.15, 0.2) is 5.79 Å². The van der Waals surface area contributed by atoms with Gasteiger partial charge in [0.1, 0.15) is 6.10 Å². The van der Waals surface area contributed by atoms with E-state index in [4.69, 9.17) is 9.47 Å². The first kappa shape index (κ1) is 14.2. The molecule has 0 amide bonds. The summed E-state index contributed by atoms with van der Waals surface area (Å²) in [5.74, 6) is -0.543. The molecule has 1 unspecified atom stereocenters. The van der Waals surface area contributed by atoms with Crippen LogP contribution in [0, 0.1) is 10.1 Å². The van der Waals surface area contributed by atoms with Gasteiger partial charge < -0.3 is 14.8 Å². The Morgan fingerprint density at radius 3 is 2.84 bits per heavy atom. The van der Waals surface area contributed by atoms with Crippen LogP contribution in [-0.4, -0.2) is 30.0 Å². The molecule has 0 radical (unpaired) electrons. The van der Waals surface area contributed by atoms with Gasteiger partial charge in [0.05, 0.1) is 11.5 Å². The summed E-state index contributed by atoms with van der Waals surface area (Å²) in [4.78, 5) is 10.2. The SMILES string of the molecule is CC1(C)OCC(CNc2ccc([N+](=O)[O-])cc2Br)O1. The van der Waals surface area contributed by atoms with Crippen molar-refractivity contribution in [3.05, 3.63) is 32.8 Å². The van der Waals surface area contributed by atoms with Crippen molar-refractivity contribution in [1.29, 1.82) is 0 Å². The largest absolute Gasteiger partial charge is 0.381 e. The molecule has 1 aliphatic heterocycles. The van der Waals surface area contributed by atoms with Gasteiger partial charge in [-0.05, 0) is 35.8 Å². The van der Waals surface area contributed by atoms with E-state index in [0.717, 1.165) is 5.69 Å². The zero-order valence-electron chi connectivity index (χ0n) is 10.7. The van der Waals surface area contributed by atoms with E-state index in [2.05, 4.69) is 21.2 Å². The molecule has 1 atom stereocenters. The van der Waals surface area contributed by atoms with E-state index in [1.807, 2.05) is 13.8 Å². The van der Waals surface area contributed by atoms with Gasteiger partial charge >= 0.3 is 0 Å². The summed E-state index contributed by atoms with van der Waals surface area (Å²) in [5.41, 5.74) is 0.845. The number of nitrogens with one attached hydrogen (secondary N) is 1. The van der Waals surface area contributed by atoms with E-state index < -0.39 is 10.7 Å². The highest BCUT2D eigenvalue weighted by Gasteiger charge is 2.32. The van der Waals surface area contributed by atoms with Gasteiger partial charge in [0.25, 0.3) is 5.69 Å². The lowest BCUT2D eigenvalue weighted by molar-refractivity contribution is -0.384. The first-order valence-corrected chi connectivity index (χ1v) is 6.66. The minimum absolute atomic E-state index is 0.0305.